The lowest BCUT2D eigenvalue weighted by molar-refractivity contribution is -0.134. The molecule has 0 spiro atoms. The Morgan fingerprint density at radius 1 is 1.39 bits per heavy atom. The van der Waals surface area contributed by atoms with E-state index in [0.717, 1.165) is 56.7 Å². The zero-order chi connectivity index (χ0) is 15.9. The minimum atomic E-state index is -0.375. The number of aromatic nitrogens is 1. The summed E-state index contributed by atoms with van der Waals surface area (Å²) in [5, 5.41) is 0. The minimum Gasteiger partial charge on any atom is -0.384 e. The van der Waals surface area contributed by atoms with Gasteiger partial charge in [-0.2, -0.15) is 0 Å². The largest absolute Gasteiger partial charge is 0.384 e. The van der Waals surface area contributed by atoms with Gasteiger partial charge in [-0.1, -0.05) is 19.4 Å². The van der Waals surface area contributed by atoms with Gasteiger partial charge in [0.2, 0.25) is 5.91 Å². The highest BCUT2D eigenvalue weighted by Gasteiger charge is 2.25. The first-order valence-corrected chi connectivity index (χ1v) is 8.35. The number of hydrogen-bond acceptors (Lipinski definition) is 4. The summed E-state index contributed by atoms with van der Waals surface area (Å²) in [6, 6.07) is 3.41. The third-order valence-corrected chi connectivity index (χ3v) is 4.65. The third kappa shape index (κ3) is 5.99. The van der Waals surface area contributed by atoms with Crippen molar-refractivity contribution in [2.75, 3.05) is 18.8 Å². The normalized spacial score (nSPS) is 16.7. The molecule has 1 aromatic rings. The molecule has 0 unspecified atom stereocenters. The Hall–Kier alpha value is -1.33. The van der Waals surface area contributed by atoms with Gasteiger partial charge < -0.3 is 16.4 Å². The number of likely N-dealkylation sites (tertiary alicyclic amines) is 1. The van der Waals surface area contributed by atoms with E-state index in [9.17, 15) is 4.79 Å². The van der Waals surface area contributed by atoms with Gasteiger partial charge in [-0.25, -0.2) is 4.98 Å². The van der Waals surface area contributed by atoms with Gasteiger partial charge in [0.1, 0.15) is 5.82 Å². The van der Waals surface area contributed by atoms with Crippen LogP contribution in [0.15, 0.2) is 18.3 Å². The number of carbonyl (C=O) groups is 1. The molecule has 1 aliphatic heterocycles. The molecule has 2 rings (SSSR count). The molecule has 0 bridgehead atoms. The number of amides is 1. The van der Waals surface area contributed by atoms with Crippen LogP contribution in [-0.2, 0) is 11.2 Å². The van der Waals surface area contributed by atoms with Crippen molar-refractivity contribution in [3.8, 4) is 0 Å². The van der Waals surface area contributed by atoms with E-state index < -0.39 is 0 Å². The fraction of sp³-hybridized carbons (Fsp3) is 0.647. The maximum Gasteiger partial charge on any atom is 0.239 e. The van der Waals surface area contributed by atoms with E-state index in [-0.39, 0.29) is 24.4 Å². The summed E-state index contributed by atoms with van der Waals surface area (Å²) in [6.45, 7) is 3.96. The van der Waals surface area contributed by atoms with E-state index in [2.05, 4.69) is 11.9 Å². The lowest BCUT2D eigenvalue weighted by atomic mass is 9.94. The number of rotatable bonds is 6. The van der Waals surface area contributed by atoms with Crippen LogP contribution in [0.1, 0.15) is 44.6 Å². The molecule has 2 heterocycles. The Morgan fingerprint density at radius 3 is 2.65 bits per heavy atom. The predicted molar refractivity (Wildman–Crippen MR) is 96.4 cm³/mol. The highest BCUT2D eigenvalue weighted by atomic mass is 35.5. The van der Waals surface area contributed by atoms with Gasteiger partial charge in [0.15, 0.2) is 0 Å². The Morgan fingerprint density at radius 2 is 2.09 bits per heavy atom. The Balaban J connectivity index is 0.00000264. The maximum atomic E-state index is 12.4. The first kappa shape index (κ1) is 19.7. The molecule has 1 amide bonds. The summed E-state index contributed by atoms with van der Waals surface area (Å²) >= 11 is 0. The first-order valence-electron chi connectivity index (χ1n) is 8.35. The van der Waals surface area contributed by atoms with Crippen LogP contribution in [0.3, 0.4) is 0 Å². The number of carbonyl (C=O) groups excluding carboxylic acids is 1. The molecule has 1 aliphatic rings. The van der Waals surface area contributed by atoms with Crippen LogP contribution < -0.4 is 11.5 Å². The molecular weight excluding hydrogens is 312 g/mol. The molecule has 0 aliphatic carbocycles. The van der Waals surface area contributed by atoms with Crippen molar-refractivity contribution in [1.82, 2.24) is 9.88 Å². The fourth-order valence-electron chi connectivity index (χ4n) is 3.03. The lowest BCUT2D eigenvalue weighted by Crippen LogP contribution is -2.47. The number of anilines is 1. The number of nitrogen functional groups attached to an aromatic ring is 1. The molecule has 0 aromatic carbocycles. The molecule has 130 valence electrons. The van der Waals surface area contributed by atoms with Crippen molar-refractivity contribution < 1.29 is 4.79 Å². The van der Waals surface area contributed by atoms with Crippen LogP contribution in [0.5, 0.6) is 0 Å². The molecule has 1 aromatic heterocycles. The number of hydrogen-bond donors (Lipinski definition) is 2. The van der Waals surface area contributed by atoms with Crippen LogP contribution in [0.4, 0.5) is 5.82 Å². The molecule has 23 heavy (non-hydrogen) atoms. The van der Waals surface area contributed by atoms with Crippen LogP contribution in [0.2, 0.25) is 0 Å². The molecule has 0 saturated carbocycles. The van der Waals surface area contributed by atoms with Gasteiger partial charge in [-0.15, -0.1) is 12.4 Å². The number of halogens is 1. The summed E-state index contributed by atoms with van der Waals surface area (Å²) in [5.74, 6) is 1.43. The Kier molecular flexibility index (Phi) is 8.34. The second-order valence-corrected chi connectivity index (χ2v) is 6.27. The summed E-state index contributed by atoms with van der Waals surface area (Å²) in [7, 11) is 0. The van der Waals surface area contributed by atoms with Crippen LogP contribution in [-0.4, -0.2) is 34.9 Å². The molecule has 6 heteroatoms. The molecule has 1 fully saturated rings. The van der Waals surface area contributed by atoms with Crippen molar-refractivity contribution in [2.45, 2.75) is 51.5 Å². The van der Waals surface area contributed by atoms with Gasteiger partial charge in [-0.05, 0) is 49.7 Å². The average molecular weight is 341 g/mol. The van der Waals surface area contributed by atoms with E-state index in [4.69, 9.17) is 11.5 Å². The Labute approximate surface area is 145 Å². The molecule has 1 atom stereocenters. The summed E-state index contributed by atoms with van der Waals surface area (Å²) < 4.78 is 0. The quantitative estimate of drug-likeness (QED) is 0.832. The SMILES string of the molecule is CCC1CCN(C(=O)[C@@H](N)CCCc2ccc(N)nc2)CC1.Cl. The zero-order valence-corrected chi connectivity index (χ0v) is 14.7. The number of nitrogens with zero attached hydrogens (tertiary/aromatic N) is 2. The average Bonchev–Trinajstić information content (AvgIpc) is 2.56. The lowest BCUT2D eigenvalue weighted by Gasteiger charge is -2.33. The van der Waals surface area contributed by atoms with Crippen LogP contribution >= 0.6 is 12.4 Å². The molecule has 0 radical (unpaired) electrons. The summed E-state index contributed by atoms with van der Waals surface area (Å²) in [5.41, 5.74) is 12.8. The van der Waals surface area contributed by atoms with E-state index in [1.54, 1.807) is 12.3 Å². The van der Waals surface area contributed by atoms with Crippen molar-refractivity contribution in [1.29, 1.82) is 0 Å². The second-order valence-electron chi connectivity index (χ2n) is 6.27. The van der Waals surface area contributed by atoms with Gasteiger partial charge in [-0.3, -0.25) is 4.79 Å². The minimum absolute atomic E-state index is 0. The second kappa shape index (κ2) is 9.73. The van der Waals surface area contributed by atoms with E-state index in [1.807, 2.05) is 11.0 Å². The molecular formula is C17H29ClN4O. The van der Waals surface area contributed by atoms with Crippen LogP contribution in [0, 0.1) is 5.92 Å². The highest BCUT2D eigenvalue weighted by molar-refractivity contribution is 5.85. The van der Waals surface area contributed by atoms with Gasteiger partial charge in [0.05, 0.1) is 6.04 Å². The van der Waals surface area contributed by atoms with E-state index in [1.165, 1.54) is 6.42 Å². The van der Waals surface area contributed by atoms with Crippen molar-refractivity contribution >= 4 is 24.1 Å². The predicted octanol–water partition coefficient (Wildman–Crippen LogP) is 2.38. The summed E-state index contributed by atoms with van der Waals surface area (Å²) in [4.78, 5) is 18.4. The van der Waals surface area contributed by atoms with E-state index >= 15 is 0 Å². The van der Waals surface area contributed by atoms with Crippen molar-refractivity contribution in [3.05, 3.63) is 23.9 Å². The number of pyridine rings is 1. The molecule has 4 N–H and O–H groups in total. The maximum absolute atomic E-state index is 12.4. The van der Waals surface area contributed by atoms with Gasteiger partial charge in [0, 0.05) is 19.3 Å². The Bertz CT molecular complexity index is 472. The number of nitrogens with two attached hydrogens (primary N) is 2. The number of piperidine rings is 1. The molecule has 1 saturated heterocycles. The topological polar surface area (TPSA) is 85.2 Å². The van der Waals surface area contributed by atoms with Gasteiger partial charge in [0.25, 0.3) is 0 Å². The monoisotopic (exact) mass is 340 g/mol. The van der Waals surface area contributed by atoms with Crippen LogP contribution in [0.25, 0.3) is 0 Å². The molecule has 5 nitrogen and oxygen atoms in total. The van der Waals surface area contributed by atoms with Gasteiger partial charge >= 0.3 is 0 Å². The van der Waals surface area contributed by atoms with Crippen molar-refractivity contribution in [2.24, 2.45) is 11.7 Å². The zero-order valence-electron chi connectivity index (χ0n) is 13.9. The summed E-state index contributed by atoms with van der Waals surface area (Å²) in [6.07, 6.45) is 7.73. The fourth-order valence-corrected chi connectivity index (χ4v) is 3.03. The van der Waals surface area contributed by atoms with Crippen molar-refractivity contribution in [3.63, 3.8) is 0 Å². The van der Waals surface area contributed by atoms with E-state index in [0.29, 0.717) is 5.82 Å². The standard InChI is InChI=1S/C17H28N4O.ClH/c1-2-13-8-10-21(11-9-13)17(22)15(18)5-3-4-14-6-7-16(19)20-12-14;/h6-7,12-13,15H,2-5,8-11,18H2,1H3,(H2,19,20);1H/t15-;/m0./s1. The highest BCUT2D eigenvalue weighted by Crippen LogP contribution is 2.20. The first-order chi connectivity index (χ1) is 10.6. The third-order valence-electron chi connectivity index (χ3n) is 4.65. The smallest absolute Gasteiger partial charge is 0.239 e. The number of aryl methyl sites for hydroxylation is 1.